The molecule has 2 fully saturated rings. The summed E-state index contributed by atoms with van der Waals surface area (Å²) >= 11 is 0. The maximum absolute atomic E-state index is 11.7. The number of ether oxygens (including phenoxy) is 4. The van der Waals surface area contributed by atoms with E-state index >= 15 is 0 Å². The molecule has 2 saturated heterocycles. The average Bonchev–Trinajstić information content (AvgIpc) is 2.78. The van der Waals surface area contributed by atoms with Crippen molar-refractivity contribution in [1.82, 2.24) is 0 Å². The van der Waals surface area contributed by atoms with Crippen molar-refractivity contribution in [3.63, 3.8) is 0 Å². The molecule has 4 atom stereocenters. The van der Waals surface area contributed by atoms with Gasteiger partial charge in [-0.3, -0.25) is 4.79 Å². The van der Waals surface area contributed by atoms with Crippen molar-refractivity contribution in [2.24, 2.45) is 5.92 Å². The maximum atomic E-state index is 11.7. The Balaban J connectivity index is 1.91. The van der Waals surface area contributed by atoms with Gasteiger partial charge in [0.2, 0.25) is 0 Å². The predicted octanol–water partition coefficient (Wildman–Crippen LogP) is 2.23. The van der Waals surface area contributed by atoms with E-state index in [1.165, 1.54) is 0 Å². The molecule has 0 amide bonds. The highest BCUT2D eigenvalue weighted by molar-refractivity contribution is 5.71. The minimum absolute atomic E-state index is 0.0631. The Bertz CT molecular complexity index is 323. The van der Waals surface area contributed by atoms with Crippen LogP contribution in [0, 0.1) is 5.92 Å². The van der Waals surface area contributed by atoms with Crippen molar-refractivity contribution >= 4 is 5.97 Å². The number of esters is 1. The summed E-state index contributed by atoms with van der Waals surface area (Å²) in [6.07, 6.45) is 0.664. The lowest BCUT2D eigenvalue weighted by Crippen LogP contribution is -2.34. The summed E-state index contributed by atoms with van der Waals surface area (Å²) in [5, 5.41) is 0. The maximum Gasteiger partial charge on any atom is 0.308 e. The number of hydrogen-bond acceptors (Lipinski definition) is 5. The van der Waals surface area contributed by atoms with Crippen LogP contribution in [-0.2, 0) is 23.7 Å². The first kappa shape index (κ1) is 14.8. The predicted molar refractivity (Wildman–Crippen MR) is 68.3 cm³/mol. The normalized spacial score (nSPS) is 34.3. The number of carbonyl (C=O) groups is 1. The van der Waals surface area contributed by atoms with Gasteiger partial charge in [-0.15, -0.1) is 0 Å². The molecule has 2 heterocycles. The van der Waals surface area contributed by atoms with Gasteiger partial charge >= 0.3 is 5.97 Å². The minimum atomic E-state index is -0.587. The molecule has 0 aliphatic carbocycles. The van der Waals surface area contributed by atoms with Crippen LogP contribution in [0.3, 0.4) is 0 Å². The SMILES string of the molecule is CC[C@H](OC(=O)C(C)C)[C@@H]1C[C@H]2OC(C)(C)O[C@H]2O1. The van der Waals surface area contributed by atoms with Crippen LogP contribution in [0.2, 0.25) is 0 Å². The molecule has 0 bridgehead atoms. The summed E-state index contributed by atoms with van der Waals surface area (Å²) in [7, 11) is 0. The largest absolute Gasteiger partial charge is 0.459 e. The summed E-state index contributed by atoms with van der Waals surface area (Å²) in [4.78, 5) is 11.7. The Hall–Kier alpha value is -0.650. The Labute approximate surface area is 114 Å². The molecular weight excluding hydrogens is 248 g/mol. The topological polar surface area (TPSA) is 54.0 Å². The van der Waals surface area contributed by atoms with Gasteiger partial charge in [-0.1, -0.05) is 20.8 Å². The van der Waals surface area contributed by atoms with Crippen molar-refractivity contribution in [1.29, 1.82) is 0 Å². The van der Waals surface area contributed by atoms with Gasteiger partial charge in [0.1, 0.15) is 18.3 Å². The molecule has 0 spiro atoms. The van der Waals surface area contributed by atoms with Crippen LogP contribution >= 0.6 is 0 Å². The minimum Gasteiger partial charge on any atom is -0.459 e. The lowest BCUT2D eigenvalue weighted by molar-refractivity contribution is -0.218. The van der Waals surface area contributed by atoms with E-state index in [9.17, 15) is 4.79 Å². The lowest BCUT2D eigenvalue weighted by atomic mass is 10.1. The van der Waals surface area contributed by atoms with Crippen LogP contribution in [0.5, 0.6) is 0 Å². The zero-order valence-electron chi connectivity index (χ0n) is 12.3. The molecule has 0 aromatic rings. The van der Waals surface area contributed by atoms with Crippen molar-refractivity contribution < 1.29 is 23.7 Å². The first-order valence-corrected chi connectivity index (χ1v) is 7.04. The third kappa shape index (κ3) is 3.27. The van der Waals surface area contributed by atoms with Gasteiger partial charge < -0.3 is 18.9 Å². The molecule has 19 heavy (non-hydrogen) atoms. The van der Waals surface area contributed by atoms with Crippen molar-refractivity contribution in [2.45, 2.75) is 77.8 Å². The summed E-state index contributed by atoms with van der Waals surface area (Å²) in [5.41, 5.74) is 0. The standard InChI is InChI=1S/C14H24O5/c1-6-9(16-12(15)8(2)3)10-7-11-13(17-10)19-14(4,5)18-11/h8-11,13H,6-7H2,1-5H3/t9-,10-,11+,13+/m0/s1. The van der Waals surface area contributed by atoms with Gasteiger partial charge in [0.25, 0.3) is 0 Å². The first-order chi connectivity index (χ1) is 8.82. The molecular formula is C14H24O5. The Morgan fingerprint density at radius 2 is 2.05 bits per heavy atom. The Kier molecular flexibility index (Phi) is 4.18. The smallest absolute Gasteiger partial charge is 0.308 e. The third-order valence-electron chi connectivity index (χ3n) is 3.47. The lowest BCUT2D eigenvalue weighted by Gasteiger charge is -2.25. The molecule has 0 saturated carbocycles. The van der Waals surface area contributed by atoms with Gasteiger partial charge in [0.05, 0.1) is 5.92 Å². The highest BCUT2D eigenvalue weighted by Gasteiger charge is 2.50. The van der Waals surface area contributed by atoms with E-state index in [1.807, 2.05) is 34.6 Å². The fourth-order valence-electron chi connectivity index (χ4n) is 2.48. The summed E-state index contributed by atoms with van der Waals surface area (Å²) in [6.45, 7) is 9.39. The van der Waals surface area contributed by atoms with Crippen molar-refractivity contribution in [3.8, 4) is 0 Å². The molecule has 110 valence electrons. The van der Waals surface area contributed by atoms with Gasteiger partial charge in [-0.05, 0) is 20.3 Å². The van der Waals surface area contributed by atoms with Crippen LogP contribution in [-0.4, -0.2) is 36.4 Å². The Morgan fingerprint density at radius 3 is 2.58 bits per heavy atom. The molecule has 2 aliphatic rings. The van der Waals surface area contributed by atoms with Crippen LogP contribution in [0.1, 0.15) is 47.5 Å². The van der Waals surface area contributed by atoms with Gasteiger partial charge in [-0.2, -0.15) is 0 Å². The molecule has 0 radical (unpaired) electrons. The summed E-state index contributed by atoms with van der Waals surface area (Å²) in [6, 6.07) is 0. The van der Waals surface area contributed by atoms with E-state index in [0.717, 1.165) is 6.42 Å². The first-order valence-electron chi connectivity index (χ1n) is 7.04. The molecule has 0 aromatic carbocycles. The third-order valence-corrected chi connectivity index (χ3v) is 3.47. The number of fused-ring (bicyclic) bond motifs is 1. The molecule has 0 aromatic heterocycles. The van der Waals surface area contributed by atoms with Gasteiger partial charge in [0.15, 0.2) is 12.1 Å². The molecule has 2 rings (SSSR count). The average molecular weight is 272 g/mol. The van der Waals surface area contributed by atoms with Crippen LogP contribution in [0.15, 0.2) is 0 Å². The van der Waals surface area contributed by atoms with E-state index in [1.54, 1.807) is 0 Å². The number of hydrogen-bond donors (Lipinski definition) is 0. The van der Waals surface area contributed by atoms with Crippen molar-refractivity contribution in [3.05, 3.63) is 0 Å². The molecule has 5 heteroatoms. The summed E-state index contributed by atoms with van der Waals surface area (Å²) < 4.78 is 22.7. The zero-order valence-corrected chi connectivity index (χ0v) is 12.3. The number of carbonyl (C=O) groups excluding carboxylic acids is 1. The van der Waals surface area contributed by atoms with E-state index < -0.39 is 5.79 Å². The second-order valence-electron chi connectivity index (χ2n) is 5.99. The van der Waals surface area contributed by atoms with Crippen molar-refractivity contribution in [2.75, 3.05) is 0 Å². The molecule has 0 unspecified atom stereocenters. The second-order valence-corrected chi connectivity index (χ2v) is 5.99. The van der Waals surface area contributed by atoms with Gasteiger partial charge in [-0.25, -0.2) is 0 Å². The fourth-order valence-corrected chi connectivity index (χ4v) is 2.48. The van der Waals surface area contributed by atoms with Crippen LogP contribution < -0.4 is 0 Å². The van der Waals surface area contributed by atoms with E-state index in [2.05, 4.69) is 0 Å². The molecule has 2 aliphatic heterocycles. The van der Waals surface area contributed by atoms with Crippen LogP contribution in [0.4, 0.5) is 0 Å². The highest BCUT2D eigenvalue weighted by Crippen LogP contribution is 2.38. The molecule has 5 nitrogen and oxygen atoms in total. The number of rotatable bonds is 4. The summed E-state index contributed by atoms with van der Waals surface area (Å²) in [5.74, 6) is -0.896. The molecule has 0 N–H and O–H groups in total. The zero-order chi connectivity index (χ0) is 14.2. The highest BCUT2D eigenvalue weighted by atomic mass is 16.8. The second kappa shape index (κ2) is 5.38. The van der Waals surface area contributed by atoms with Gasteiger partial charge in [0, 0.05) is 6.42 Å². The van der Waals surface area contributed by atoms with Crippen LogP contribution in [0.25, 0.3) is 0 Å². The Morgan fingerprint density at radius 1 is 1.37 bits per heavy atom. The quantitative estimate of drug-likeness (QED) is 0.735. The van der Waals surface area contributed by atoms with E-state index in [0.29, 0.717) is 6.42 Å². The van der Waals surface area contributed by atoms with E-state index in [-0.39, 0.29) is 36.5 Å². The monoisotopic (exact) mass is 272 g/mol. The fraction of sp³-hybridized carbons (Fsp3) is 0.929. The van der Waals surface area contributed by atoms with E-state index in [4.69, 9.17) is 18.9 Å².